The SMILES string of the molecule is O=C1NCCc2ccc(C(Br)c3ccc(F)cc3Cl)cc21. The number of hydrogen-bond donors (Lipinski definition) is 1. The van der Waals surface area contributed by atoms with E-state index in [-0.39, 0.29) is 16.6 Å². The van der Waals surface area contributed by atoms with Crippen molar-refractivity contribution in [2.24, 2.45) is 0 Å². The van der Waals surface area contributed by atoms with Crippen LogP contribution >= 0.6 is 27.5 Å². The summed E-state index contributed by atoms with van der Waals surface area (Å²) in [6, 6.07) is 10.1. The van der Waals surface area contributed by atoms with Crippen LogP contribution in [0.2, 0.25) is 5.02 Å². The van der Waals surface area contributed by atoms with Crippen molar-refractivity contribution >= 4 is 33.4 Å². The number of amides is 1. The Kier molecular flexibility index (Phi) is 4.00. The normalized spacial score (nSPS) is 15.3. The number of carbonyl (C=O) groups is 1. The standard InChI is InChI=1S/C16H12BrClFNO/c17-15(12-4-3-11(19)8-14(12)18)10-2-1-9-5-6-20-16(21)13(9)7-10/h1-4,7-8,15H,5-6H2,(H,20,21). The molecule has 0 aliphatic carbocycles. The molecule has 2 nitrogen and oxygen atoms in total. The highest BCUT2D eigenvalue weighted by atomic mass is 79.9. The fraction of sp³-hybridized carbons (Fsp3) is 0.188. The number of halogens is 3. The van der Waals surface area contributed by atoms with Crippen LogP contribution in [0.25, 0.3) is 0 Å². The van der Waals surface area contributed by atoms with Crippen LogP contribution < -0.4 is 5.32 Å². The predicted octanol–water partition coefficient (Wildman–Crippen LogP) is 4.25. The molecule has 0 spiro atoms. The number of nitrogens with one attached hydrogen (secondary N) is 1. The van der Waals surface area contributed by atoms with Crippen molar-refractivity contribution < 1.29 is 9.18 Å². The Morgan fingerprint density at radius 3 is 2.81 bits per heavy atom. The molecule has 108 valence electrons. The fourth-order valence-electron chi connectivity index (χ4n) is 2.47. The molecule has 1 atom stereocenters. The summed E-state index contributed by atoms with van der Waals surface area (Å²) in [6.07, 6.45) is 0.839. The topological polar surface area (TPSA) is 29.1 Å². The summed E-state index contributed by atoms with van der Waals surface area (Å²) in [5.41, 5.74) is 3.43. The van der Waals surface area contributed by atoms with Crippen molar-refractivity contribution in [3.8, 4) is 0 Å². The van der Waals surface area contributed by atoms with E-state index in [4.69, 9.17) is 11.6 Å². The van der Waals surface area contributed by atoms with Crippen LogP contribution in [0, 0.1) is 5.82 Å². The summed E-state index contributed by atoms with van der Waals surface area (Å²) in [4.78, 5) is 11.7. The molecule has 0 aromatic heterocycles. The van der Waals surface area contributed by atoms with E-state index in [1.807, 2.05) is 18.2 Å². The molecule has 2 aromatic rings. The lowest BCUT2D eigenvalue weighted by Gasteiger charge is -2.19. The van der Waals surface area contributed by atoms with Gasteiger partial charge in [0.25, 0.3) is 5.91 Å². The van der Waals surface area contributed by atoms with E-state index in [2.05, 4.69) is 21.2 Å². The monoisotopic (exact) mass is 367 g/mol. The van der Waals surface area contributed by atoms with Crippen molar-refractivity contribution in [2.75, 3.05) is 6.54 Å². The van der Waals surface area contributed by atoms with E-state index in [9.17, 15) is 9.18 Å². The zero-order valence-electron chi connectivity index (χ0n) is 11.0. The van der Waals surface area contributed by atoms with Crippen LogP contribution in [0.3, 0.4) is 0 Å². The molecule has 0 radical (unpaired) electrons. The Morgan fingerprint density at radius 2 is 2.05 bits per heavy atom. The number of benzene rings is 2. The Balaban J connectivity index is 2.00. The zero-order valence-corrected chi connectivity index (χ0v) is 13.3. The molecular formula is C16H12BrClFNO. The van der Waals surface area contributed by atoms with Gasteiger partial charge >= 0.3 is 0 Å². The molecule has 1 heterocycles. The molecule has 0 saturated heterocycles. The van der Waals surface area contributed by atoms with Gasteiger partial charge in [-0.3, -0.25) is 4.79 Å². The second-order valence-corrected chi connectivity index (χ2v) is 6.27. The summed E-state index contributed by atoms with van der Waals surface area (Å²) in [5, 5.41) is 3.19. The quantitative estimate of drug-likeness (QED) is 0.789. The Morgan fingerprint density at radius 1 is 1.24 bits per heavy atom. The summed E-state index contributed by atoms with van der Waals surface area (Å²) < 4.78 is 13.1. The van der Waals surface area contributed by atoms with Gasteiger partial charge in [-0.05, 0) is 41.3 Å². The summed E-state index contributed by atoms with van der Waals surface area (Å²) >= 11 is 9.68. The molecule has 1 unspecified atom stereocenters. The van der Waals surface area contributed by atoms with Gasteiger partial charge in [0.15, 0.2) is 0 Å². The van der Waals surface area contributed by atoms with E-state index in [1.165, 1.54) is 12.1 Å². The molecule has 3 rings (SSSR count). The largest absolute Gasteiger partial charge is 0.352 e. The fourth-order valence-corrected chi connectivity index (χ4v) is 3.57. The maximum atomic E-state index is 13.1. The van der Waals surface area contributed by atoms with Gasteiger partial charge in [-0.15, -0.1) is 0 Å². The van der Waals surface area contributed by atoms with E-state index >= 15 is 0 Å². The number of fused-ring (bicyclic) bond motifs is 1. The summed E-state index contributed by atoms with van der Waals surface area (Å²) in [6.45, 7) is 0.673. The molecule has 21 heavy (non-hydrogen) atoms. The highest BCUT2D eigenvalue weighted by Crippen LogP contribution is 2.36. The van der Waals surface area contributed by atoms with Gasteiger partial charge in [0.1, 0.15) is 5.82 Å². The number of carbonyl (C=O) groups excluding carboxylic acids is 1. The van der Waals surface area contributed by atoms with E-state index in [1.54, 1.807) is 6.07 Å². The molecule has 2 aromatic carbocycles. The third-order valence-corrected chi connectivity index (χ3v) is 4.94. The van der Waals surface area contributed by atoms with Crippen LogP contribution in [0.5, 0.6) is 0 Å². The first-order valence-corrected chi connectivity index (χ1v) is 7.85. The molecular weight excluding hydrogens is 357 g/mol. The first-order chi connectivity index (χ1) is 10.1. The Labute approximate surface area is 135 Å². The molecule has 1 amide bonds. The van der Waals surface area contributed by atoms with Crippen LogP contribution in [-0.4, -0.2) is 12.5 Å². The van der Waals surface area contributed by atoms with Crippen LogP contribution in [0.4, 0.5) is 4.39 Å². The lowest BCUT2D eigenvalue weighted by molar-refractivity contribution is 0.0946. The molecule has 0 saturated carbocycles. The molecule has 1 aliphatic rings. The van der Waals surface area contributed by atoms with Gasteiger partial charge in [-0.2, -0.15) is 0 Å². The average molecular weight is 369 g/mol. The molecule has 1 aliphatic heterocycles. The van der Waals surface area contributed by atoms with Crippen LogP contribution in [-0.2, 0) is 6.42 Å². The van der Waals surface area contributed by atoms with Gasteiger partial charge in [0.2, 0.25) is 0 Å². The van der Waals surface area contributed by atoms with E-state index < -0.39 is 0 Å². The van der Waals surface area contributed by atoms with E-state index in [0.29, 0.717) is 17.1 Å². The first-order valence-electron chi connectivity index (χ1n) is 6.56. The third-order valence-electron chi connectivity index (χ3n) is 3.59. The minimum Gasteiger partial charge on any atom is -0.352 e. The number of rotatable bonds is 2. The first kappa shape index (κ1) is 14.5. The lowest BCUT2D eigenvalue weighted by atomic mass is 9.95. The molecule has 5 heteroatoms. The van der Waals surface area contributed by atoms with Gasteiger partial charge in [0, 0.05) is 17.1 Å². The molecule has 0 bridgehead atoms. The number of hydrogen-bond acceptors (Lipinski definition) is 1. The van der Waals surface area contributed by atoms with Gasteiger partial charge in [-0.25, -0.2) is 4.39 Å². The van der Waals surface area contributed by atoms with Crippen molar-refractivity contribution in [1.29, 1.82) is 0 Å². The maximum Gasteiger partial charge on any atom is 0.251 e. The summed E-state index contributed by atoms with van der Waals surface area (Å²) in [5.74, 6) is -0.420. The smallest absolute Gasteiger partial charge is 0.251 e. The Bertz CT molecular complexity index is 719. The van der Waals surface area contributed by atoms with Crippen molar-refractivity contribution in [3.05, 3.63) is 69.5 Å². The average Bonchev–Trinajstić information content (AvgIpc) is 2.47. The van der Waals surface area contributed by atoms with E-state index in [0.717, 1.165) is 23.1 Å². The summed E-state index contributed by atoms with van der Waals surface area (Å²) in [7, 11) is 0. The van der Waals surface area contributed by atoms with Gasteiger partial charge < -0.3 is 5.32 Å². The molecule has 1 N–H and O–H groups in total. The minimum atomic E-state index is -0.367. The third kappa shape index (κ3) is 2.83. The second-order valence-electron chi connectivity index (χ2n) is 4.95. The minimum absolute atomic E-state index is 0.0528. The maximum absolute atomic E-state index is 13.1. The zero-order chi connectivity index (χ0) is 15.0. The van der Waals surface area contributed by atoms with Crippen LogP contribution in [0.15, 0.2) is 36.4 Å². The Hall–Kier alpha value is -1.39. The van der Waals surface area contributed by atoms with Gasteiger partial charge in [0.05, 0.1) is 4.83 Å². The molecule has 0 fully saturated rings. The van der Waals surface area contributed by atoms with Crippen molar-refractivity contribution in [2.45, 2.75) is 11.2 Å². The highest BCUT2D eigenvalue weighted by molar-refractivity contribution is 9.09. The lowest BCUT2D eigenvalue weighted by Crippen LogP contribution is -2.31. The van der Waals surface area contributed by atoms with Crippen molar-refractivity contribution in [1.82, 2.24) is 5.32 Å². The van der Waals surface area contributed by atoms with Gasteiger partial charge in [-0.1, -0.05) is 45.7 Å². The predicted molar refractivity (Wildman–Crippen MR) is 84.7 cm³/mol. The van der Waals surface area contributed by atoms with Crippen LogP contribution in [0.1, 0.15) is 31.9 Å². The van der Waals surface area contributed by atoms with Crippen molar-refractivity contribution in [3.63, 3.8) is 0 Å². The number of alkyl halides is 1. The highest BCUT2D eigenvalue weighted by Gasteiger charge is 2.20. The second kappa shape index (κ2) is 5.78.